The summed E-state index contributed by atoms with van der Waals surface area (Å²) in [7, 11) is 2.69. The van der Waals surface area contributed by atoms with Gasteiger partial charge >= 0.3 is 0 Å². The molecule has 1 heterocycles. The number of benzene rings is 12. The second kappa shape index (κ2) is 46.3. The number of rotatable bonds is 24. The van der Waals surface area contributed by atoms with E-state index in [0.717, 1.165) is 61.9 Å². The van der Waals surface area contributed by atoms with Crippen LogP contribution in [0, 0.1) is 69.2 Å². The van der Waals surface area contributed by atoms with Crippen molar-refractivity contribution in [2.24, 2.45) is 0 Å². The number of fused-ring (bicyclic) bond motifs is 2. The molecule has 0 bridgehead atoms. The summed E-state index contributed by atoms with van der Waals surface area (Å²) in [6.07, 6.45) is 0. The number of aryl methyl sites for hydroxylation is 2. The van der Waals surface area contributed by atoms with Gasteiger partial charge in [-0.2, -0.15) is 0 Å². The van der Waals surface area contributed by atoms with Crippen molar-refractivity contribution < 1.29 is 29.5 Å². The molecule has 1 aliphatic heterocycles. The molecular weight excluding hydrogens is 1640 g/mol. The first kappa shape index (κ1) is 107. The lowest BCUT2D eigenvalue weighted by Gasteiger charge is -2.37. The van der Waals surface area contributed by atoms with Crippen molar-refractivity contribution >= 4 is 23.8 Å². The van der Waals surface area contributed by atoms with Gasteiger partial charge in [0.25, 0.3) is 0 Å². The van der Waals surface area contributed by atoms with Crippen LogP contribution in [-0.2, 0) is 25.2 Å². The topological polar surface area (TPSA) is 88.4 Å². The van der Waals surface area contributed by atoms with Crippen molar-refractivity contribution in [3.8, 4) is 67.5 Å². The zero-order valence-electron chi connectivity index (χ0n) is 88.9. The smallest absolute Gasteiger partial charge is 0.139 e. The van der Waals surface area contributed by atoms with Gasteiger partial charge in [-0.1, -0.05) is 350 Å². The molecule has 7 heteroatoms. The molecule has 0 saturated carbocycles. The molecule has 12 aromatic rings. The Balaban J connectivity index is 0.000000187. The van der Waals surface area contributed by atoms with Crippen LogP contribution in [0.3, 0.4) is 0 Å². The van der Waals surface area contributed by atoms with Crippen molar-refractivity contribution in [3.05, 3.63) is 332 Å². The number of aliphatic hydroxyl groups is 3. The molecule has 13 rings (SSSR count). The molecule has 3 N–H and O–H groups in total. The summed E-state index contributed by atoms with van der Waals surface area (Å²) < 4.78 is 17.9. The third kappa shape index (κ3) is 23.4. The molecule has 710 valence electrons. The minimum atomic E-state index is -0.726. The maximum absolute atomic E-state index is 10.0. The van der Waals surface area contributed by atoms with E-state index in [1.54, 1.807) is 14.2 Å². The van der Waals surface area contributed by atoms with Gasteiger partial charge in [0.2, 0.25) is 0 Å². The molecule has 0 spiro atoms. The summed E-state index contributed by atoms with van der Waals surface area (Å²) in [6.45, 7) is 81.5. The highest BCUT2D eigenvalue weighted by molar-refractivity contribution is 7.80. The molecular formula is C126H165O6P. The average molecular weight is 1810 g/mol. The van der Waals surface area contributed by atoms with E-state index in [9.17, 15) is 15.3 Å². The van der Waals surface area contributed by atoms with Crippen LogP contribution >= 0.6 is 7.92 Å². The van der Waals surface area contributed by atoms with Gasteiger partial charge in [-0.05, 0) is 355 Å². The van der Waals surface area contributed by atoms with Gasteiger partial charge in [0.05, 0.1) is 34.0 Å². The molecule has 6 nitrogen and oxygen atoms in total. The van der Waals surface area contributed by atoms with Crippen LogP contribution in [0.15, 0.2) is 182 Å². The SMILES string of the molecule is COc1ccc(CO)c(-c2c(C(C)C)cc(C(C)C)cc2C(C)C)c1C.COc1ccc(CO)c(-c2c(C(C)C)cc(C(C)C)cc2C(C)C)c1C.Cc1c(C)c(C)c(-c2c(C(C)C)cc(C(C)C)cc2C(C)C)c(C)c1C.Cc1ccc(CO)c(-c2c(C(C)C)cc(C(C)C)cc2C(C)C)c1C.Cc1cccc2c1Oc1c(P(c3ccccc3)c3ccccc3)cccc1C2(C)C. The molecule has 0 aliphatic carbocycles. The molecule has 0 atom stereocenters. The zero-order chi connectivity index (χ0) is 98.7. The molecule has 0 radical (unpaired) electrons. The van der Waals surface area contributed by atoms with Gasteiger partial charge in [0.1, 0.15) is 23.0 Å². The van der Waals surface area contributed by atoms with Crippen molar-refractivity contribution in [1.82, 2.24) is 0 Å². The van der Waals surface area contributed by atoms with Crippen LogP contribution < -0.4 is 30.1 Å². The first-order chi connectivity index (χ1) is 62.7. The van der Waals surface area contributed by atoms with Gasteiger partial charge in [-0.3, -0.25) is 0 Å². The molecule has 12 aromatic carbocycles. The van der Waals surface area contributed by atoms with Gasteiger partial charge in [0, 0.05) is 21.8 Å². The van der Waals surface area contributed by atoms with Crippen LogP contribution in [0.1, 0.15) is 401 Å². The lowest BCUT2D eigenvalue weighted by atomic mass is 9.75. The molecule has 0 unspecified atom stereocenters. The summed E-state index contributed by atoms with van der Waals surface area (Å²) in [5.41, 5.74) is 45.8. The van der Waals surface area contributed by atoms with Crippen molar-refractivity contribution in [1.29, 1.82) is 0 Å². The quantitative estimate of drug-likeness (QED) is 0.0523. The van der Waals surface area contributed by atoms with E-state index in [1.807, 2.05) is 24.3 Å². The van der Waals surface area contributed by atoms with Gasteiger partial charge in [-0.15, -0.1) is 0 Å². The Morgan fingerprint density at radius 1 is 0.263 bits per heavy atom. The fourth-order valence-electron chi connectivity index (χ4n) is 19.5. The van der Waals surface area contributed by atoms with Crippen LogP contribution in [0.4, 0.5) is 0 Å². The van der Waals surface area contributed by atoms with Crippen molar-refractivity contribution in [3.63, 3.8) is 0 Å². The predicted octanol–water partition coefficient (Wildman–Crippen LogP) is 34.3. The highest BCUT2D eigenvalue weighted by atomic mass is 31.1. The molecule has 1 aliphatic rings. The first-order valence-corrected chi connectivity index (χ1v) is 50.9. The molecule has 0 aromatic heterocycles. The third-order valence-corrected chi connectivity index (χ3v) is 30.8. The highest BCUT2D eigenvalue weighted by Gasteiger charge is 2.38. The summed E-state index contributed by atoms with van der Waals surface area (Å²) in [6, 6.07) is 66.1. The Hall–Kier alpha value is -9.65. The number of hydrogen-bond donors (Lipinski definition) is 3. The van der Waals surface area contributed by atoms with Crippen LogP contribution in [-0.4, -0.2) is 29.5 Å². The van der Waals surface area contributed by atoms with E-state index in [0.29, 0.717) is 71.0 Å². The third-order valence-electron chi connectivity index (χ3n) is 28.3. The molecule has 133 heavy (non-hydrogen) atoms. The zero-order valence-corrected chi connectivity index (χ0v) is 89.8. The number of methoxy groups -OCH3 is 2. The molecule has 0 amide bonds. The van der Waals surface area contributed by atoms with E-state index in [4.69, 9.17) is 14.2 Å². The van der Waals surface area contributed by atoms with E-state index in [-0.39, 0.29) is 25.2 Å². The normalized spacial score (nSPS) is 12.3. The Morgan fingerprint density at radius 2 is 0.534 bits per heavy atom. The maximum atomic E-state index is 10.0. The maximum Gasteiger partial charge on any atom is 0.139 e. The van der Waals surface area contributed by atoms with Gasteiger partial charge in [0.15, 0.2) is 0 Å². The van der Waals surface area contributed by atoms with Crippen LogP contribution in [0.2, 0.25) is 0 Å². The van der Waals surface area contributed by atoms with Crippen molar-refractivity contribution in [2.45, 2.75) is 346 Å². The number of ether oxygens (including phenoxy) is 3. The summed E-state index contributed by atoms with van der Waals surface area (Å²) in [5, 5.41) is 34.0. The monoisotopic (exact) mass is 1810 g/mol. The highest BCUT2D eigenvalue weighted by Crippen LogP contribution is 2.54. The van der Waals surface area contributed by atoms with Crippen molar-refractivity contribution in [2.75, 3.05) is 14.2 Å². The fraction of sp³-hybridized carbons (Fsp3) is 0.429. The summed E-state index contributed by atoms with van der Waals surface area (Å²) in [4.78, 5) is 0. The standard InChI is InChI=1S/C28H25OP.C26H38.2C24H34O2.C24H34O/c1-20-12-10-17-23-26(20)29-27-24(28(23,2)3)18-11-19-25(27)30(21-13-6-4-7-14-21)22-15-8-5-9-16-22;1-14(2)22-12-23(15(3)4)26(24(13-22)16(5)6)25-20(10)18(8)17(7)19(9)21(25)11;2*1-14(2)19-11-20(15(3)4)24(21(12-19)16(5)6)23-17(7)22(26-8)10-9-18(23)13-25;1-14(2)20-11-21(15(3)4)24(22(12-20)16(5)6)23-18(8)17(7)9-10-19(23)13-25/h4-19H,1-3H3;12-16H,1-11H3;2*9-12,14-16,25H,13H2,1-8H3;9-12,14-16,25H,13H2,1-8H3. The van der Waals surface area contributed by atoms with Crippen LogP contribution in [0.5, 0.6) is 23.0 Å². The number of hydrogen-bond acceptors (Lipinski definition) is 6. The molecule has 0 saturated heterocycles. The summed E-state index contributed by atoms with van der Waals surface area (Å²) in [5.74, 6) is 9.35. The number of aliphatic hydroxyl groups excluding tert-OH is 3. The minimum Gasteiger partial charge on any atom is -0.496 e. The lowest BCUT2D eigenvalue weighted by Crippen LogP contribution is -2.30. The van der Waals surface area contributed by atoms with Gasteiger partial charge in [-0.25, -0.2) is 0 Å². The lowest BCUT2D eigenvalue weighted by molar-refractivity contribution is 0.282. The second-order valence-electron chi connectivity index (χ2n) is 41.9. The Bertz CT molecular complexity index is 5680. The van der Waals surface area contributed by atoms with Crippen LogP contribution in [0.25, 0.3) is 44.5 Å². The van der Waals surface area contributed by atoms with Gasteiger partial charge < -0.3 is 29.5 Å². The molecule has 0 fully saturated rings. The van der Waals surface area contributed by atoms with E-state index in [2.05, 4.69) is 407 Å². The fourth-order valence-corrected chi connectivity index (χ4v) is 21.9. The summed E-state index contributed by atoms with van der Waals surface area (Å²) >= 11 is 0. The Morgan fingerprint density at radius 3 is 0.820 bits per heavy atom. The Kier molecular flexibility index (Phi) is 37.2. The largest absolute Gasteiger partial charge is 0.496 e. The predicted molar refractivity (Wildman–Crippen MR) is 579 cm³/mol. The average Bonchev–Trinajstić information content (AvgIpc) is 0.729. The van der Waals surface area contributed by atoms with E-state index >= 15 is 0 Å². The van der Waals surface area contributed by atoms with E-state index < -0.39 is 7.92 Å². The second-order valence-corrected chi connectivity index (χ2v) is 44.0. The first-order valence-electron chi connectivity index (χ1n) is 49.5. The van der Waals surface area contributed by atoms with E-state index in [1.165, 1.54) is 172 Å². The Labute approximate surface area is 807 Å². The minimum absolute atomic E-state index is 0.0289. The number of para-hydroxylation sites is 2.